The van der Waals surface area contributed by atoms with Gasteiger partial charge in [0.2, 0.25) is 15.8 Å². The number of aliphatic hydroxyl groups is 2. The zero-order chi connectivity index (χ0) is 50.0. The molecule has 6 atom stereocenters. The van der Waals surface area contributed by atoms with Gasteiger partial charge < -0.3 is 34.6 Å². The molecule has 0 spiro atoms. The van der Waals surface area contributed by atoms with Crippen LogP contribution in [0.5, 0.6) is 11.5 Å². The van der Waals surface area contributed by atoms with Crippen molar-refractivity contribution in [3.63, 3.8) is 0 Å². The van der Waals surface area contributed by atoms with E-state index in [9.17, 15) is 25.1 Å². The molecule has 374 valence electrons. The number of carbonyl (C=O) groups is 1. The highest BCUT2D eigenvalue weighted by Gasteiger charge is 2.66. The van der Waals surface area contributed by atoms with E-state index in [0.29, 0.717) is 72.9 Å². The zero-order valence-corrected chi connectivity index (χ0v) is 40.6. The fraction of sp³-hybridized carbons (Fsp3) is 0.389. The van der Waals surface area contributed by atoms with Crippen LogP contribution in [0, 0.1) is 27.9 Å². The van der Waals surface area contributed by atoms with Crippen LogP contribution in [0.4, 0.5) is 10.5 Å². The van der Waals surface area contributed by atoms with Crippen LogP contribution in [0.25, 0.3) is 10.9 Å². The number of oxime groups is 1. The predicted molar refractivity (Wildman–Crippen MR) is 268 cm³/mol. The van der Waals surface area contributed by atoms with Gasteiger partial charge in [-0.2, -0.15) is 4.31 Å². The van der Waals surface area contributed by atoms with E-state index in [0.717, 1.165) is 16.7 Å². The van der Waals surface area contributed by atoms with Crippen LogP contribution >= 0.6 is 0 Å². The number of aromatic nitrogens is 1. The lowest BCUT2D eigenvalue weighted by Gasteiger charge is -2.59. The number of carbonyl (C=O) groups excluding carboxylic acids is 1. The minimum absolute atomic E-state index is 0.00289. The topological polar surface area (TPSA) is 212 Å². The van der Waals surface area contributed by atoms with E-state index in [1.165, 1.54) is 16.4 Å². The van der Waals surface area contributed by atoms with Crippen molar-refractivity contribution in [3.05, 3.63) is 160 Å². The first-order valence-electron chi connectivity index (χ1n) is 24.3. The van der Waals surface area contributed by atoms with Crippen LogP contribution in [0.3, 0.4) is 0 Å². The molecule has 5 aromatic rings. The van der Waals surface area contributed by atoms with Crippen molar-refractivity contribution in [1.82, 2.24) is 14.6 Å². The maximum Gasteiger partial charge on any atom is 0.412 e. The Morgan fingerprint density at radius 1 is 0.986 bits per heavy atom. The number of pyridine rings is 1. The Morgan fingerprint density at radius 3 is 2.48 bits per heavy atom. The molecule has 1 fully saturated rings. The van der Waals surface area contributed by atoms with Crippen LogP contribution < -0.4 is 14.8 Å². The number of unbranched alkanes of at least 4 members (excludes halogenated alkanes) is 2. The number of hydrogen-bond donors (Lipinski definition) is 3. The molecule has 0 radical (unpaired) electrons. The van der Waals surface area contributed by atoms with E-state index >= 15 is 8.42 Å². The second-order valence-corrected chi connectivity index (χ2v) is 20.0. The number of aliphatic hydroxyl groups excluding tert-OH is 2. The van der Waals surface area contributed by atoms with Gasteiger partial charge in [0.25, 0.3) is 5.69 Å². The highest BCUT2D eigenvalue weighted by Crippen LogP contribution is 2.62. The molecule has 1 saturated carbocycles. The van der Waals surface area contributed by atoms with Crippen molar-refractivity contribution in [3.8, 4) is 11.5 Å². The van der Waals surface area contributed by atoms with Crippen LogP contribution in [0.1, 0.15) is 80.9 Å². The van der Waals surface area contributed by atoms with Gasteiger partial charge in [0.1, 0.15) is 23.0 Å². The number of sulfonamides is 1. The van der Waals surface area contributed by atoms with Gasteiger partial charge in [0.15, 0.2) is 0 Å². The Bertz CT molecular complexity index is 2840. The van der Waals surface area contributed by atoms with Gasteiger partial charge in [-0.25, -0.2) is 13.2 Å². The fourth-order valence-electron chi connectivity index (χ4n) is 10.6. The van der Waals surface area contributed by atoms with Crippen LogP contribution in [-0.2, 0) is 32.7 Å². The molecule has 0 saturated heterocycles. The second kappa shape index (κ2) is 23.2. The largest absolute Gasteiger partial charge is 0.460 e. The van der Waals surface area contributed by atoms with E-state index in [1.807, 2.05) is 55.5 Å². The standard InChI is InChI=1S/C54H61N5O11S/c1-3-28-58(71(65,66)48-20-12-17-39-18-13-27-55-52(39)48)49-34-46(57-68-36-38-21-23-41(24-22-38)59(63)64)44-32-40(16-8-10-29-60)43(19-9-11-30-61)50-45-33-42(69-53(62)56-35-37-14-6-5-7-15-37)25-26-47(45)70-54(49,51(44)50)67-31-4-2/h4-7,12-15,17-18,20-27,32-33,40,43,49-51,60-61H,2-3,8-11,16,19,28-31,34-36H2,1H3,(H,56,62). The molecular weight excluding hydrogens is 927 g/mol. The smallest absolute Gasteiger partial charge is 0.412 e. The second-order valence-electron chi connectivity index (χ2n) is 18.1. The van der Waals surface area contributed by atoms with Gasteiger partial charge in [-0.05, 0) is 103 Å². The maximum atomic E-state index is 15.7. The molecule has 16 nitrogen and oxygen atoms in total. The third kappa shape index (κ3) is 11.0. The molecule has 71 heavy (non-hydrogen) atoms. The third-order valence-corrected chi connectivity index (χ3v) is 15.6. The summed E-state index contributed by atoms with van der Waals surface area (Å²) < 4.78 is 53.1. The number of benzene rings is 4. The number of nitro benzene ring substituents is 1. The number of nitro groups is 1. The number of ether oxygens (including phenoxy) is 3. The normalized spacial score (nSPS) is 21.9. The summed E-state index contributed by atoms with van der Waals surface area (Å²) in [5.74, 6) is -2.48. The molecule has 1 aliphatic heterocycles. The van der Waals surface area contributed by atoms with E-state index in [1.54, 1.807) is 54.7 Å². The number of hydrogen-bond acceptors (Lipinski definition) is 13. The molecule has 1 amide bonds. The summed E-state index contributed by atoms with van der Waals surface area (Å²) in [5.41, 5.74) is 3.71. The number of para-hydroxylation sites is 1. The molecule has 2 heterocycles. The Balaban J connectivity index is 1.32. The average Bonchev–Trinajstić information content (AvgIpc) is 3.38. The third-order valence-electron chi connectivity index (χ3n) is 13.7. The number of fused-ring (bicyclic) bond motifs is 3. The zero-order valence-electron chi connectivity index (χ0n) is 39.8. The molecule has 8 rings (SSSR count). The average molecular weight is 988 g/mol. The van der Waals surface area contributed by atoms with Crippen molar-refractivity contribution in [2.45, 2.75) is 94.1 Å². The summed E-state index contributed by atoms with van der Waals surface area (Å²) in [6.07, 6.45) is 8.97. The van der Waals surface area contributed by atoms with Gasteiger partial charge in [-0.1, -0.05) is 85.6 Å². The Labute approximate surface area is 414 Å². The van der Waals surface area contributed by atoms with Gasteiger partial charge in [0, 0.05) is 67.9 Å². The highest BCUT2D eigenvalue weighted by molar-refractivity contribution is 7.89. The van der Waals surface area contributed by atoms with Crippen LogP contribution in [-0.4, -0.2) is 82.8 Å². The monoisotopic (exact) mass is 987 g/mol. The molecule has 6 unspecified atom stereocenters. The van der Waals surface area contributed by atoms with Crippen molar-refractivity contribution >= 4 is 38.4 Å². The summed E-state index contributed by atoms with van der Waals surface area (Å²) in [6.45, 7) is 6.19. The van der Waals surface area contributed by atoms with Crippen LogP contribution in [0.15, 0.2) is 144 Å². The Morgan fingerprint density at radius 2 is 1.75 bits per heavy atom. The number of amides is 1. The van der Waals surface area contributed by atoms with Crippen LogP contribution in [0.2, 0.25) is 0 Å². The first-order valence-corrected chi connectivity index (χ1v) is 25.8. The molecule has 2 aliphatic carbocycles. The number of nitrogens with one attached hydrogen (secondary N) is 1. The van der Waals surface area contributed by atoms with Gasteiger partial charge in [-0.3, -0.25) is 15.1 Å². The minimum Gasteiger partial charge on any atom is -0.460 e. The fourth-order valence-corrected chi connectivity index (χ4v) is 12.5. The molecule has 3 aliphatic rings. The maximum absolute atomic E-state index is 15.7. The number of allylic oxidation sites excluding steroid dienone is 1. The molecule has 0 bridgehead atoms. The number of non-ortho nitro benzene ring substituents is 1. The molecule has 3 N–H and O–H groups in total. The molecular formula is C54H61N5O11S. The summed E-state index contributed by atoms with van der Waals surface area (Å²) >= 11 is 0. The van der Waals surface area contributed by atoms with E-state index < -0.39 is 44.7 Å². The lowest BCUT2D eigenvalue weighted by atomic mass is 9.55. The lowest BCUT2D eigenvalue weighted by Crippen LogP contribution is -2.70. The van der Waals surface area contributed by atoms with Crippen molar-refractivity contribution in [2.75, 3.05) is 26.4 Å². The number of nitrogens with zero attached hydrogens (tertiary/aromatic N) is 4. The van der Waals surface area contributed by atoms with Gasteiger partial charge in [-0.15, -0.1) is 6.58 Å². The minimum atomic E-state index is -4.41. The predicted octanol–water partition coefficient (Wildman–Crippen LogP) is 9.37. The summed E-state index contributed by atoms with van der Waals surface area (Å²) in [7, 11) is -4.41. The number of rotatable bonds is 23. The van der Waals surface area contributed by atoms with E-state index in [-0.39, 0.29) is 74.1 Å². The Hall–Kier alpha value is -6.50. The first-order chi connectivity index (χ1) is 34.5. The van der Waals surface area contributed by atoms with Crippen molar-refractivity contribution in [2.24, 2.45) is 22.9 Å². The quantitative estimate of drug-likeness (QED) is 0.0242. The molecule has 17 heteroatoms. The van der Waals surface area contributed by atoms with Crippen molar-refractivity contribution in [1.29, 1.82) is 0 Å². The first kappa shape index (κ1) is 50.9. The highest BCUT2D eigenvalue weighted by atomic mass is 32.2. The lowest BCUT2D eigenvalue weighted by molar-refractivity contribution is -0.384. The van der Waals surface area contributed by atoms with Crippen molar-refractivity contribution < 1.29 is 47.4 Å². The van der Waals surface area contributed by atoms with Gasteiger partial charge in [0.05, 0.1) is 34.7 Å². The van der Waals surface area contributed by atoms with E-state index in [4.69, 9.17) is 24.2 Å². The Kier molecular flexibility index (Phi) is 16.6. The van der Waals surface area contributed by atoms with E-state index in [2.05, 4.69) is 23.0 Å². The molecule has 4 aromatic carbocycles. The summed E-state index contributed by atoms with van der Waals surface area (Å²) in [6, 6.07) is 28.3. The summed E-state index contributed by atoms with van der Waals surface area (Å²) in [5, 5.41) is 39.8. The SMILES string of the molecule is C=CCOC12Oc3ccc(OC(=O)NCc4ccccc4)cc3C3C(CCCCO)C(CCCCO)C=C(C(=NOCc4ccc([N+](=O)[O-])cc4)CC1N(CCC)S(=O)(=O)c1cccc4cccnc14)C32. The van der Waals surface area contributed by atoms with Gasteiger partial charge >= 0.3 is 6.09 Å². The molecule has 1 aromatic heterocycles. The summed E-state index contributed by atoms with van der Waals surface area (Å²) in [4.78, 5) is 35.1.